The standard InChI is InChI=1S/C19H23N3O4/c1-14-17(26-13-21-14)18(23)22-8-5-19(6-9-22)10-15(25-12-19)11-24-16-4-2-3-7-20-16/h2-4,7,13,15H,5-6,8-12H2,1H3. The van der Waals surface area contributed by atoms with Crippen molar-refractivity contribution < 1.29 is 18.7 Å². The summed E-state index contributed by atoms with van der Waals surface area (Å²) in [5, 5.41) is 0. The summed E-state index contributed by atoms with van der Waals surface area (Å²) in [7, 11) is 0. The van der Waals surface area contributed by atoms with Crippen LogP contribution >= 0.6 is 0 Å². The van der Waals surface area contributed by atoms with Crippen LogP contribution in [0.25, 0.3) is 0 Å². The predicted molar refractivity (Wildman–Crippen MR) is 92.9 cm³/mol. The molecule has 0 aromatic carbocycles. The first-order chi connectivity index (χ1) is 12.7. The number of ether oxygens (including phenoxy) is 2. The van der Waals surface area contributed by atoms with Crippen LogP contribution in [0.4, 0.5) is 0 Å². The maximum absolute atomic E-state index is 12.5. The smallest absolute Gasteiger partial charge is 0.291 e. The van der Waals surface area contributed by atoms with Gasteiger partial charge in [-0.15, -0.1) is 0 Å². The molecular weight excluding hydrogens is 334 g/mol. The lowest BCUT2D eigenvalue weighted by molar-refractivity contribution is 0.0409. The second-order valence-electron chi connectivity index (χ2n) is 7.18. The van der Waals surface area contributed by atoms with Crippen molar-refractivity contribution in [2.24, 2.45) is 5.41 Å². The number of aryl methyl sites for hydroxylation is 1. The van der Waals surface area contributed by atoms with E-state index in [0.29, 0.717) is 23.9 Å². The third kappa shape index (κ3) is 3.44. The number of likely N-dealkylation sites (tertiary alicyclic amines) is 1. The van der Waals surface area contributed by atoms with Crippen molar-refractivity contribution in [1.29, 1.82) is 0 Å². The molecule has 0 bridgehead atoms. The number of rotatable bonds is 4. The summed E-state index contributed by atoms with van der Waals surface area (Å²) in [6, 6.07) is 5.62. The Morgan fingerprint density at radius 1 is 1.35 bits per heavy atom. The molecular formula is C19H23N3O4. The first-order valence-corrected chi connectivity index (χ1v) is 9.00. The van der Waals surface area contributed by atoms with Crippen LogP contribution in [0.5, 0.6) is 5.88 Å². The highest BCUT2D eigenvalue weighted by Crippen LogP contribution is 2.42. The van der Waals surface area contributed by atoms with Gasteiger partial charge < -0.3 is 18.8 Å². The largest absolute Gasteiger partial charge is 0.475 e. The van der Waals surface area contributed by atoms with Crippen molar-refractivity contribution in [2.45, 2.75) is 32.3 Å². The molecule has 4 rings (SSSR count). The van der Waals surface area contributed by atoms with E-state index in [4.69, 9.17) is 13.9 Å². The molecule has 0 aliphatic carbocycles. The molecule has 7 heteroatoms. The molecule has 1 atom stereocenters. The number of carbonyl (C=O) groups excluding carboxylic acids is 1. The molecule has 0 N–H and O–H groups in total. The topological polar surface area (TPSA) is 77.7 Å². The highest BCUT2D eigenvalue weighted by Gasteiger charge is 2.43. The number of nitrogens with zero attached hydrogens (tertiary/aromatic N) is 3. The lowest BCUT2D eigenvalue weighted by Crippen LogP contribution is -2.43. The average Bonchev–Trinajstić information content (AvgIpc) is 3.27. The van der Waals surface area contributed by atoms with Crippen LogP contribution in [0.1, 0.15) is 35.5 Å². The van der Waals surface area contributed by atoms with Gasteiger partial charge in [-0.2, -0.15) is 0 Å². The number of piperidine rings is 1. The summed E-state index contributed by atoms with van der Waals surface area (Å²) in [5.41, 5.74) is 0.789. The van der Waals surface area contributed by atoms with Crippen LogP contribution in [-0.4, -0.2) is 53.2 Å². The van der Waals surface area contributed by atoms with Gasteiger partial charge in [-0.05, 0) is 37.7 Å². The fourth-order valence-electron chi connectivity index (χ4n) is 3.80. The number of hydrogen-bond acceptors (Lipinski definition) is 6. The van der Waals surface area contributed by atoms with Crippen molar-refractivity contribution >= 4 is 5.91 Å². The van der Waals surface area contributed by atoms with Gasteiger partial charge in [0.25, 0.3) is 5.91 Å². The normalized spacial score (nSPS) is 21.9. The minimum absolute atomic E-state index is 0.0659. The van der Waals surface area contributed by atoms with E-state index in [1.165, 1.54) is 6.39 Å². The summed E-state index contributed by atoms with van der Waals surface area (Å²) < 4.78 is 16.9. The zero-order valence-electron chi connectivity index (χ0n) is 14.9. The first-order valence-electron chi connectivity index (χ1n) is 9.00. The zero-order chi connectivity index (χ0) is 18.0. The Morgan fingerprint density at radius 3 is 2.88 bits per heavy atom. The molecule has 1 amide bonds. The first kappa shape index (κ1) is 17.0. The third-order valence-electron chi connectivity index (χ3n) is 5.39. The molecule has 7 nitrogen and oxygen atoms in total. The van der Waals surface area contributed by atoms with Crippen LogP contribution in [0.2, 0.25) is 0 Å². The molecule has 2 aromatic rings. The summed E-state index contributed by atoms with van der Waals surface area (Å²) in [6.45, 7) is 4.47. The summed E-state index contributed by atoms with van der Waals surface area (Å²) in [4.78, 5) is 22.6. The molecule has 2 saturated heterocycles. The fourth-order valence-corrected chi connectivity index (χ4v) is 3.80. The summed E-state index contributed by atoms with van der Waals surface area (Å²) >= 11 is 0. The lowest BCUT2D eigenvalue weighted by Gasteiger charge is -2.38. The molecule has 0 radical (unpaired) electrons. The minimum Gasteiger partial charge on any atom is -0.475 e. The maximum Gasteiger partial charge on any atom is 0.291 e. The van der Waals surface area contributed by atoms with Gasteiger partial charge in [0.2, 0.25) is 11.6 Å². The Bertz CT molecular complexity index is 753. The van der Waals surface area contributed by atoms with Crippen molar-refractivity contribution in [2.75, 3.05) is 26.3 Å². The number of carbonyl (C=O) groups is 1. The maximum atomic E-state index is 12.5. The van der Waals surface area contributed by atoms with Gasteiger partial charge in [-0.3, -0.25) is 4.79 Å². The molecule has 2 aromatic heterocycles. The van der Waals surface area contributed by atoms with Gasteiger partial charge >= 0.3 is 0 Å². The van der Waals surface area contributed by atoms with Crippen molar-refractivity contribution in [1.82, 2.24) is 14.9 Å². The number of pyridine rings is 1. The second kappa shape index (κ2) is 7.07. The van der Waals surface area contributed by atoms with Crippen molar-refractivity contribution in [3.05, 3.63) is 42.2 Å². The van der Waals surface area contributed by atoms with E-state index in [-0.39, 0.29) is 17.4 Å². The lowest BCUT2D eigenvalue weighted by atomic mass is 9.76. The van der Waals surface area contributed by atoms with Gasteiger partial charge in [0.05, 0.1) is 18.4 Å². The molecule has 138 valence electrons. The highest BCUT2D eigenvalue weighted by molar-refractivity contribution is 5.92. The number of hydrogen-bond donors (Lipinski definition) is 0. The minimum atomic E-state index is -0.0659. The van der Waals surface area contributed by atoms with E-state index in [1.807, 2.05) is 23.1 Å². The van der Waals surface area contributed by atoms with Gasteiger partial charge in [0.15, 0.2) is 6.39 Å². The predicted octanol–water partition coefficient (Wildman–Crippen LogP) is 2.47. The molecule has 2 fully saturated rings. The molecule has 1 unspecified atom stereocenters. The van der Waals surface area contributed by atoms with Gasteiger partial charge in [-0.25, -0.2) is 9.97 Å². The van der Waals surface area contributed by atoms with E-state index in [1.54, 1.807) is 13.1 Å². The second-order valence-corrected chi connectivity index (χ2v) is 7.18. The fraction of sp³-hybridized carbons (Fsp3) is 0.526. The number of aromatic nitrogens is 2. The summed E-state index contributed by atoms with van der Waals surface area (Å²) in [5.74, 6) is 0.911. The Kier molecular flexibility index (Phi) is 4.63. The SMILES string of the molecule is Cc1ncoc1C(=O)N1CCC2(CC1)COC(COc1ccccn1)C2. The molecule has 1 spiro atoms. The zero-order valence-corrected chi connectivity index (χ0v) is 14.9. The molecule has 26 heavy (non-hydrogen) atoms. The van der Waals surface area contributed by atoms with E-state index in [2.05, 4.69) is 9.97 Å². The average molecular weight is 357 g/mol. The Balaban J connectivity index is 1.29. The number of oxazole rings is 1. The molecule has 2 aliphatic rings. The monoisotopic (exact) mass is 357 g/mol. The van der Waals surface area contributed by atoms with Gasteiger partial charge in [0.1, 0.15) is 6.61 Å². The quantitative estimate of drug-likeness (QED) is 0.836. The van der Waals surface area contributed by atoms with E-state index in [9.17, 15) is 4.79 Å². The van der Waals surface area contributed by atoms with Crippen molar-refractivity contribution in [3.63, 3.8) is 0 Å². The van der Waals surface area contributed by atoms with Crippen LogP contribution < -0.4 is 4.74 Å². The molecule has 2 aliphatic heterocycles. The Hall–Kier alpha value is -2.41. The van der Waals surface area contributed by atoms with Crippen LogP contribution in [-0.2, 0) is 4.74 Å². The van der Waals surface area contributed by atoms with Crippen molar-refractivity contribution in [3.8, 4) is 5.88 Å². The molecule has 4 heterocycles. The Morgan fingerprint density at radius 2 is 2.19 bits per heavy atom. The van der Waals surface area contributed by atoms with E-state index >= 15 is 0 Å². The highest BCUT2D eigenvalue weighted by atomic mass is 16.5. The van der Waals surface area contributed by atoms with E-state index < -0.39 is 0 Å². The van der Waals surface area contributed by atoms with Gasteiger partial charge in [0, 0.05) is 25.4 Å². The van der Waals surface area contributed by atoms with E-state index in [0.717, 1.165) is 39.0 Å². The van der Waals surface area contributed by atoms with Gasteiger partial charge in [-0.1, -0.05) is 6.07 Å². The third-order valence-corrected chi connectivity index (χ3v) is 5.39. The van der Waals surface area contributed by atoms with Crippen LogP contribution in [0.15, 0.2) is 35.2 Å². The Labute approximate surface area is 152 Å². The van der Waals surface area contributed by atoms with Crippen LogP contribution in [0, 0.1) is 12.3 Å². The number of amides is 1. The summed E-state index contributed by atoms with van der Waals surface area (Å²) in [6.07, 6.45) is 5.96. The van der Waals surface area contributed by atoms with Crippen LogP contribution in [0.3, 0.4) is 0 Å². The molecule has 0 saturated carbocycles.